The number of carboxylic acid groups (broad SMARTS) is 1. The summed E-state index contributed by atoms with van der Waals surface area (Å²) in [5.74, 6) is -1.09. The van der Waals surface area contributed by atoms with Crippen LogP contribution < -0.4 is 5.32 Å². The molecule has 0 aromatic heterocycles. The average molecular weight is 292 g/mol. The Hall–Kier alpha value is -2.08. The minimum absolute atomic E-state index is 0.0465. The third-order valence-electron chi connectivity index (χ3n) is 3.64. The summed E-state index contributed by atoms with van der Waals surface area (Å²) in [5.41, 5.74) is 2.50. The van der Waals surface area contributed by atoms with Gasteiger partial charge in [-0.25, -0.2) is 9.59 Å². The maximum atomic E-state index is 12.2. The molecule has 1 unspecified atom stereocenters. The van der Waals surface area contributed by atoms with E-state index in [1.54, 1.807) is 4.90 Å². The van der Waals surface area contributed by atoms with E-state index in [1.807, 2.05) is 12.1 Å². The topological polar surface area (TPSA) is 78.9 Å². The van der Waals surface area contributed by atoms with Crippen LogP contribution in [0.3, 0.4) is 0 Å². The number of hydrogen-bond acceptors (Lipinski definition) is 3. The minimum atomic E-state index is -1.09. The number of carboxylic acids is 1. The molecule has 2 N–H and O–H groups in total. The van der Waals surface area contributed by atoms with Crippen LogP contribution in [0.4, 0.5) is 4.79 Å². The second-order valence-corrected chi connectivity index (χ2v) is 5.05. The first-order valence-corrected chi connectivity index (χ1v) is 6.95. The molecule has 2 rings (SSSR count). The van der Waals surface area contributed by atoms with E-state index in [2.05, 4.69) is 17.4 Å². The van der Waals surface area contributed by atoms with Crippen LogP contribution in [0.2, 0.25) is 0 Å². The number of aliphatic carboxylic acids is 1. The van der Waals surface area contributed by atoms with Crippen molar-refractivity contribution in [2.75, 3.05) is 26.8 Å². The Bertz CT molecular complexity index is 491. The highest BCUT2D eigenvalue weighted by Crippen LogP contribution is 2.15. The Morgan fingerprint density at radius 2 is 1.86 bits per heavy atom. The summed E-state index contributed by atoms with van der Waals surface area (Å²) in [7, 11) is 1.41. The SMILES string of the molecule is COCC(NC(=O)N1CCc2ccccc2CC1)C(=O)O. The number of hydrogen-bond donors (Lipinski definition) is 2. The first-order valence-electron chi connectivity index (χ1n) is 6.95. The number of rotatable bonds is 4. The number of urea groups is 1. The lowest BCUT2D eigenvalue weighted by atomic mass is 10.0. The minimum Gasteiger partial charge on any atom is -0.480 e. The highest BCUT2D eigenvalue weighted by molar-refractivity contribution is 5.82. The summed E-state index contributed by atoms with van der Waals surface area (Å²) < 4.78 is 4.81. The predicted octanol–water partition coefficient (Wildman–Crippen LogP) is 0.896. The van der Waals surface area contributed by atoms with Gasteiger partial charge in [-0.2, -0.15) is 0 Å². The molecule has 1 aromatic rings. The second-order valence-electron chi connectivity index (χ2n) is 5.05. The van der Waals surface area contributed by atoms with Crippen molar-refractivity contribution >= 4 is 12.0 Å². The number of nitrogens with zero attached hydrogens (tertiary/aromatic N) is 1. The Kier molecular flexibility index (Phi) is 5.16. The molecule has 114 valence electrons. The molecule has 0 saturated carbocycles. The molecule has 0 fully saturated rings. The van der Waals surface area contributed by atoms with Crippen LogP contribution in [0.15, 0.2) is 24.3 Å². The third kappa shape index (κ3) is 3.95. The molecule has 0 bridgehead atoms. The lowest BCUT2D eigenvalue weighted by molar-refractivity contribution is -0.140. The fourth-order valence-corrected chi connectivity index (χ4v) is 2.45. The van der Waals surface area contributed by atoms with Crippen LogP contribution in [0.1, 0.15) is 11.1 Å². The summed E-state index contributed by atoms with van der Waals surface area (Å²) in [4.78, 5) is 24.9. The summed E-state index contributed by atoms with van der Waals surface area (Å²) in [6.45, 7) is 1.12. The van der Waals surface area contributed by atoms with Gasteiger partial charge >= 0.3 is 12.0 Å². The van der Waals surface area contributed by atoms with E-state index in [0.29, 0.717) is 13.1 Å². The van der Waals surface area contributed by atoms with E-state index < -0.39 is 12.0 Å². The summed E-state index contributed by atoms with van der Waals surface area (Å²) in [6, 6.07) is 6.75. The molecular formula is C15H20N2O4. The van der Waals surface area contributed by atoms with Crippen LogP contribution in [-0.4, -0.2) is 54.9 Å². The number of amides is 2. The van der Waals surface area contributed by atoms with Crippen LogP contribution in [0, 0.1) is 0 Å². The van der Waals surface area contributed by atoms with E-state index in [-0.39, 0.29) is 12.6 Å². The Morgan fingerprint density at radius 1 is 1.29 bits per heavy atom. The lowest BCUT2D eigenvalue weighted by Gasteiger charge is -2.23. The van der Waals surface area contributed by atoms with Gasteiger partial charge in [-0.3, -0.25) is 0 Å². The normalized spacial score (nSPS) is 15.8. The molecule has 0 radical (unpaired) electrons. The van der Waals surface area contributed by atoms with Crippen LogP contribution in [0.5, 0.6) is 0 Å². The summed E-state index contributed by atoms with van der Waals surface area (Å²) in [5, 5.41) is 11.5. The quantitative estimate of drug-likeness (QED) is 0.864. The molecule has 6 heteroatoms. The van der Waals surface area contributed by atoms with Gasteiger partial charge in [0.1, 0.15) is 0 Å². The Morgan fingerprint density at radius 3 is 2.33 bits per heavy atom. The van der Waals surface area contributed by atoms with Crippen molar-refractivity contribution in [2.24, 2.45) is 0 Å². The second kappa shape index (κ2) is 7.08. The number of ether oxygens (including phenoxy) is 1. The molecule has 1 heterocycles. The van der Waals surface area contributed by atoms with Crippen molar-refractivity contribution in [2.45, 2.75) is 18.9 Å². The van der Waals surface area contributed by atoms with Gasteiger partial charge in [0.05, 0.1) is 6.61 Å². The molecule has 0 saturated heterocycles. The van der Waals surface area contributed by atoms with Gasteiger partial charge in [-0.05, 0) is 24.0 Å². The summed E-state index contributed by atoms with van der Waals surface area (Å²) >= 11 is 0. The van der Waals surface area contributed by atoms with E-state index in [1.165, 1.54) is 18.2 Å². The molecule has 1 aliphatic rings. The highest BCUT2D eigenvalue weighted by atomic mass is 16.5. The van der Waals surface area contributed by atoms with Gasteiger partial charge in [0.25, 0.3) is 0 Å². The molecule has 0 spiro atoms. The number of nitrogens with one attached hydrogen (secondary N) is 1. The zero-order valence-corrected chi connectivity index (χ0v) is 12.0. The fraction of sp³-hybridized carbons (Fsp3) is 0.467. The zero-order chi connectivity index (χ0) is 15.2. The maximum absolute atomic E-state index is 12.2. The van der Waals surface area contributed by atoms with E-state index in [4.69, 9.17) is 9.84 Å². The number of carbonyl (C=O) groups is 2. The molecule has 21 heavy (non-hydrogen) atoms. The highest BCUT2D eigenvalue weighted by Gasteiger charge is 2.24. The monoisotopic (exact) mass is 292 g/mol. The van der Waals surface area contributed by atoms with Crippen molar-refractivity contribution < 1.29 is 19.4 Å². The summed E-state index contributed by atoms with van der Waals surface area (Å²) in [6.07, 6.45) is 1.57. The molecule has 0 aliphatic carbocycles. The van der Waals surface area contributed by atoms with E-state index in [9.17, 15) is 9.59 Å². The number of fused-ring (bicyclic) bond motifs is 1. The predicted molar refractivity (Wildman–Crippen MR) is 77.3 cm³/mol. The van der Waals surface area contributed by atoms with Crippen molar-refractivity contribution in [3.8, 4) is 0 Å². The number of methoxy groups -OCH3 is 1. The molecule has 1 aromatic carbocycles. The molecule has 6 nitrogen and oxygen atoms in total. The Balaban J connectivity index is 1.97. The largest absolute Gasteiger partial charge is 0.480 e. The third-order valence-corrected chi connectivity index (χ3v) is 3.64. The molecule has 1 aliphatic heterocycles. The van der Waals surface area contributed by atoms with Crippen molar-refractivity contribution in [1.29, 1.82) is 0 Å². The first-order chi connectivity index (χ1) is 10.1. The van der Waals surface area contributed by atoms with Crippen molar-refractivity contribution in [1.82, 2.24) is 10.2 Å². The van der Waals surface area contributed by atoms with Gasteiger partial charge in [0.2, 0.25) is 0 Å². The molecule has 2 amide bonds. The van der Waals surface area contributed by atoms with Gasteiger partial charge in [-0.1, -0.05) is 24.3 Å². The maximum Gasteiger partial charge on any atom is 0.328 e. The van der Waals surface area contributed by atoms with Crippen LogP contribution in [-0.2, 0) is 22.4 Å². The van der Waals surface area contributed by atoms with E-state index in [0.717, 1.165) is 12.8 Å². The van der Waals surface area contributed by atoms with Crippen LogP contribution in [0.25, 0.3) is 0 Å². The zero-order valence-electron chi connectivity index (χ0n) is 12.0. The number of carbonyl (C=O) groups excluding carboxylic acids is 1. The lowest BCUT2D eigenvalue weighted by Crippen LogP contribution is -2.50. The van der Waals surface area contributed by atoms with Gasteiger partial charge < -0.3 is 20.1 Å². The van der Waals surface area contributed by atoms with Gasteiger partial charge in [0, 0.05) is 20.2 Å². The van der Waals surface area contributed by atoms with Crippen molar-refractivity contribution in [3.05, 3.63) is 35.4 Å². The fourth-order valence-electron chi connectivity index (χ4n) is 2.45. The number of benzene rings is 1. The smallest absolute Gasteiger partial charge is 0.328 e. The van der Waals surface area contributed by atoms with E-state index >= 15 is 0 Å². The van der Waals surface area contributed by atoms with Crippen molar-refractivity contribution in [3.63, 3.8) is 0 Å². The first kappa shape index (κ1) is 15.3. The van der Waals surface area contributed by atoms with Crippen LogP contribution >= 0.6 is 0 Å². The van der Waals surface area contributed by atoms with Gasteiger partial charge in [-0.15, -0.1) is 0 Å². The standard InChI is InChI=1S/C15H20N2O4/c1-21-10-13(14(18)19)16-15(20)17-8-6-11-4-2-3-5-12(11)7-9-17/h2-5,13H,6-10H2,1H3,(H,16,20)(H,18,19). The molecular weight excluding hydrogens is 272 g/mol. The Labute approximate surface area is 123 Å². The average Bonchev–Trinajstić information content (AvgIpc) is 2.69. The molecule has 1 atom stereocenters. The van der Waals surface area contributed by atoms with Gasteiger partial charge in [0.15, 0.2) is 6.04 Å².